The molecule has 0 radical (unpaired) electrons. The molecule has 1 aromatic carbocycles. The predicted molar refractivity (Wildman–Crippen MR) is 73.8 cm³/mol. The van der Waals surface area contributed by atoms with Gasteiger partial charge in [-0.15, -0.1) is 0 Å². The van der Waals surface area contributed by atoms with E-state index in [0.29, 0.717) is 12.5 Å². The van der Waals surface area contributed by atoms with Crippen LogP contribution in [-0.2, 0) is 4.79 Å². The molecule has 100 valence electrons. The quantitative estimate of drug-likeness (QED) is 0.807. The van der Waals surface area contributed by atoms with Gasteiger partial charge in [-0.3, -0.25) is 4.79 Å². The molecule has 0 saturated carbocycles. The smallest absolute Gasteiger partial charge is 0.312 e. The lowest BCUT2D eigenvalue weighted by Gasteiger charge is -2.24. The molecule has 0 bridgehead atoms. The molecule has 0 aromatic heterocycles. The zero-order chi connectivity index (χ0) is 13.5. The van der Waals surface area contributed by atoms with Crippen LogP contribution >= 0.6 is 0 Å². The lowest BCUT2D eigenvalue weighted by atomic mass is 9.98. The number of likely N-dealkylation sites (N-methyl/N-ethyl adjacent to an activating group) is 1. The first kappa shape index (κ1) is 14.7. The fraction of sp³-hybridized carbons (Fsp3) is 0.533. The molecule has 2 atom stereocenters. The Morgan fingerprint density at radius 1 is 1.28 bits per heavy atom. The van der Waals surface area contributed by atoms with Gasteiger partial charge in [-0.05, 0) is 18.5 Å². The number of aliphatic carboxylic acids is 1. The Morgan fingerprint density at radius 2 is 1.89 bits per heavy atom. The topological polar surface area (TPSA) is 40.5 Å². The van der Waals surface area contributed by atoms with Crippen LogP contribution in [0.2, 0.25) is 0 Å². The highest BCUT2D eigenvalue weighted by Crippen LogP contribution is 2.17. The van der Waals surface area contributed by atoms with Crippen molar-refractivity contribution in [3.8, 4) is 0 Å². The Balaban J connectivity index is 2.67. The molecule has 1 aromatic rings. The fourth-order valence-corrected chi connectivity index (χ4v) is 2.06. The molecule has 0 amide bonds. The molecule has 0 aliphatic rings. The van der Waals surface area contributed by atoms with E-state index in [-0.39, 0.29) is 0 Å². The molecular weight excluding hydrogens is 226 g/mol. The van der Waals surface area contributed by atoms with Crippen molar-refractivity contribution in [2.75, 3.05) is 20.1 Å². The minimum Gasteiger partial charge on any atom is -0.481 e. The second-order valence-corrected chi connectivity index (χ2v) is 5.04. The molecule has 0 saturated heterocycles. The van der Waals surface area contributed by atoms with E-state index in [0.717, 1.165) is 18.5 Å². The molecule has 0 heterocycles. The summed E-state index contributed by atoms with van der Waals surface area (Å²) in [6.07, 6.45) is 1.12. The highest BCUT2D eigenvalue weighted by atomic mass is 16.4. The minimum atomic E-state index is -0.753. The van der Waals surface area contributed by atoms with Crippen molar-refractivity contribution in [2.24, 2.45) is 5.92 Å². The Morgan fingerprint density at radius 3 is 2.39 bits per heavy atom. The Kier molecular flexibility index (Phi) is 5.86. The molecule has 0 fully saturated rings. The van der Waals surface area contributed by atoms with Crippen LogP contribution < -0.4 is 0 Å². The van der Waals surface area contributed by atoms with Gasteiger partial charge in [0.2, 0.25) is 0 Å². The average molecular weight is 249 g/mol. The summed E-state index contributed by atoms with van der Waals surface area (Å²) < 4.78 is 0. The van der Waals surface area contributed by atoms with E-state index in [1.54, 1.807) is 0 Å². The zero-order valence-electron chi connectivity index (χ0n) is 11.5. The molecule has 2 unspecified atom stereocenters. The van der Waals surface area contributed by atoms with Crippen LogP contribution in [-0.4, -0.2) is 36.1 Å². The minimum absolute atomic E-state index is 0.444. The summed E-state index contributed by atoms with van der Waals surface area (Å²) in [5.41, 5.74) is 0.876. The fourth-order valence-electron chi connectivity index (χ4n) is 2.06. The van der Waals surface area contributed by atoms with E-state index in [4.69, 9.17) is 0 Å². The van der Waals surface area contributed by atoms with Crippen molar-refractivity contribution >= 4 is 5.97 Å². The van der Waals surface area contributed by atoms with Crippen LogP contribution in [0.3, 0.4) is 0 Å². The van der Waals surface area contributed by atoms with E-state index >= 15 is 0 Å². The van der Waals surface area contributed by atoms with E-state index in [1.165, 1.54) is 0 Å². The van der Waals surface area contributed by atoms with Crippen LogP contribution in [0.25, 0.3) is 0 Å². The van der Waals surface area contributed by atoms with Crippen LogP contribution in [0.4, 0.5) is 0 Å². The Hall–Kier alpha value is -1.35. The molecular formula is C15H23NO2. The predicted octanol–water partition coefficient (Wildman–Crippen LogP) is 2.83. The van der Waals surface area contributed by atoms with Crippen LogP contribution in [0.1, 0.15) is 31.7 Å². The van der Waals surface area contributed by atoms with Crippen LogP contribution in [0.5, 0.6) is 0 Å². The maximum atomic E-state index is 11.4. The summed E-state index contributed by atoms with van der Waals surface area (Å²) >= 11 is 0. The van der Waals surface area contributed by atoms with Gasteiger partial charge in [0.1, 0.15) is 0 Å². The number of benzene rings is 1. The number of hydrogen-bond donors (Lipinski definition) is 1. The van der Waals surface area contributed by atoms with Crippen molar-refractivity contribution in [3.05, 3.63) is 35.9 Å². The first-order valence-corrected chi connectivity index (χ1v) is 6.50. The largest absolute Gasteiger partial charge is 0.481 e. The molecule has 1 rings (SSSR count). The van der Waals surface area contributed by atoms with Gasteiger partial charge in [0.05, 0.1) is 5.92 Å². The van der Waals surface area contributed by atoms with Crippen molar-refractivity contribution in [1.82, 2.24) is 4.90 Å². The van der Waals surface area contributed by atoms with Crippen molar-refractivity contribution in [3.63, 3.8) is 0 Å². The van der Waals surface area contributed by atoms with Crippen LogP contribution in [0.15, 0.2) is 30.3 Å². The third-order valence-electron chi connectivity index (χ3n) is 3.31. The number of rotatable bonds is 7. The van der Waals surface area contributed by atoms with Gasteiger partial charge < -0.3 is 10.0 Å². The second kappa shape index (κ2) is 7.17. The van der Waals surface area contributed by atoms with Gasteiger partial charge in [0.25, 0.3) is 0 Å². The van der Waals surface area contributed by atoms with Gasteiger partial charge >= 0.3 is 5.97 Å². The molecule has 3 heteroatoms. The van der Waals surface area contributed by atoms with Gasteiger partial charge in [0.15, 0.2) is 0 Å². The number of carbonyl (C=O) groups is 1. The SMILES string of the molecule is CCC(C)CN(C)CC(C(=O)O)c1ccccc1. The van der Waals surface area contributed by atoms with Gasteiger partial charge in [0, 0.05) is 13.1 Å². The molecule has 0 spiro atoms. The van der Waals surface area contributed by atoms with Crippen molar-refractivity contribution < 1.29 is 9.90 Å². The number of hydrogen-bond acceptors (Lipinski definition) is 2. The molecule has 0 aliphatic carbocycles. The lowest BCUT2D eigenvalue weighted by Crippen LogP contribution is -2.32. The van der Waals surface area contributed by atoms with Crippen molar-refractivity contribution in [2.45, 2.75) is 26.2 Å². The molecule has 18 heavy (non-hydrogen) atoms. The number of nitrogens with zero attached hydrogens (tertiary/aromatic N) is 1. The summed E-state index contributed by atoms with van der Waals surface area (Å²) in [5.74, 6) is -0.599. The van der Waals surface area contributed by atoms with E-state index in [9.17, 15) is 9.90 Å². The zero-order valence-corrected chi connectivity index (χ0v) is 11.5. The van der Waals surface area contributed by atoms with E-state index in [2.05, 4.69) is 18.7 Å². The Labute approximate surface area is 109 Å². The number of carboxylic acids is 1. The summed E-state index contributed by atoms with van der Waals surface area (Å²) in [6, 6.07) is 9.46. The van der Waals surface area contributed by atoms with E-state index in [1.807, 2.05) is 37.4 Å². The monoisotopic (exact) mass is 249 g/mol. The van der Waals surface area contributed by atoms with E-state index < -0.39 is 11.9 Å². The molecule has 3 nitrogen and oxygen atoms in total. The summed E-state index contributed by atoms with van der Waals surface area (Å²) in [5, 5.41) is 9.34. The Bertz CT molecular complexity index is 364. The highest BCUT2D eigenvalue weighted by Gasteiger charge is 2.21. The average Bonchev–Trinajstić information content (AvgIpc) is 2.36. The first-order chi connectivity index (χ1) is 8.54. The lowest BCUT2D eigenvalue weighted by molar-refractivity contribution is -0.139. The maximum absolute atomic E-state index is 11.4. The third kappa shape index (κ3) is 4.49. The van der Waals surface area contributed by atoms with Gasteiger partial charge in [-0.1, -0.05) is 50.6 Å². The van der Waals surface area contributed by atoms with Crippen molar-refractivity contribution in [1.29, 1.82) is 0 Å². The normalized spacial score (nSPS) is 14.4. The standard InChI is InChI=1S/C15H23NO2/c1-4-12(2)10-16(3)11-14(15(17)18)13-8-6-5-7-9-13/h5-9,12,14H,4,10-11H2,1-3H3,(H,17,18). The van der Waals surface area contributed by atoms with Gasteiger partial charge in [-0.25, -0.2) is 0 Å². The third-order valence-corrected chi connectivity index (χ3v) is 3.31. The van der Waals surface area contributed by atoms with Gasteiger partial charge in [-0.2, -0.15) is 0 Å². The summed E-state index contributed by atoms with van der Waals surface area (Å²) in [4.78, 5) is 13.5. The maximum Gasteiger partial charge on any atom is 0.312 e. The van der Waals surface area contributed by atoms with Crippen LogP contribution in [0, 0.1) is 5.92 Å². The molecule has 0 aliphatic heterocycles. The summed E-state index contributed by atoms with van der Waals surface area (Å²) in [6.45, 7) is 5.84. The summed E-state index contributed by atoms with van der Waals surface area (Å²) in [7, 11) is 1.99. The number of carboxylic acid groups (broad SMARTS) is 1. The molecule has 1 N–H and O–H groups in total. The highest BCUT2D eigenvalue weighted by molar-refractivity contribution is 5.76. The first-order valence-electron chi connectivity index (χ1n) is 6.50. The second-order valence-electron chi connectivity index (χ2n) is 5.04.